The summed E-state index contributed by atoms with van der Waals surface area (Å²) in [4.78, 5) is 11.7. The van der Waals surface area contributed by atoms with Gasteiger partial charge in [0.05, 0.1) is 6.54 Å². The highest BCUT2D eigenvalue weighted by Crippen LogP contribution is 2.21. The number of anilines is 1. The van der Waals surface area contributed by atoms with E-state index in [1.807, 2.05) is 11.8 Å². The molecular formula is C14H19FN2OS. The third kappa shape index (κ3) is 5.20. The summed E-state index contributed by atoms with van der Waals surface area (Å²) < 4.78 is 12.7. The molecule has 0 aliphatic carbocycles. The second-order valence-corrected chi connectivity index (χ2v) is 5.97. The molecule has 1 fully saturated rings. The van der Waals surface area contributed by atoms with Crippen molar-refractivity contribution in [2.75, 3.05) is 29.9 Å². The lowest BCUT2D eigenvalue weighted by molar-refractivity contribution is -0.115. The van der Waals surface area contributed by atoms with Gasteiger partial charge in [0.15, 0.2) is 0 Å². The second kappa shape index (κ2) is 7.50. The van der Waals surface area contributed by atoms with E-state index in [9.17, 15) is 9.18 Å². The summed E-state index contributed by atoms with van der Waals surface area (Å²) in [5.74, 6) is 2.77. The molecule has 5 heteroatoms. The van der Waals surface area contributed by atoms with E-state index in [1.165, 1.54) is 36.5 Å². The Morgan fingerprint density at radius 3 is 2.63 bits per heavy atom. The first-order chi connectivity index (χ1) is 9.24. The van der Waals surface area contributed by atoms with Crippen LogP contribution in [0.15, 0.2) is 24.3 Å². The van der Waals surface area contributed by atoms with Crippen molar-refractivity contribution in [3.63, 3.8) is 0 Å². The summed E-state index contributed by atoms with van der Waals surface area (Å²) in [7, 11) is 0. The van der Waals surface area contributed by atoms with Crippen molar-refractivity contribution in [2.45, 2.75) is 12.8 Å². The SMILES string of the molecule is O=C(CNCC1CCSCC1)Nc1ccc(F)cc1. The number of amides is 1. The van der Waals surface area contributed by atoms with Crippen molar-refractivity contribution < 1.29 is 9.18 Å². The molecule has 19 heavy (non-hydrogen) atoms. The largest absolute Gasteiger partial charge is 0.325 e. The van der Waals surface area contributed by atoms with E-state index >= 15 is 0 Å². The van der Waals surface area contributed by atoms with Crippen molar-refractivity contribution in [1.29, 1.82) is 0 Å². The van der Waals surface area contributed by atoms with Crippen molar-refractivity contribution in [3.8, 4) is 0 Å². The van der Waals surface area contributed by atoms with Crippen LogP contribution in [0.5, 0.6) is 0 Å². The van der Waals surface area contributed by atoms with E-state index in [0.717, 1.165) is 6.54 Å². The Bertz CT molecular complexity index is 404. The van der Waals surface area contributed by atoms with Gasteiger partial charge in [0.25, 0.3) is 0 Å². The summed E-state index contributed by atoms with van der Waals surface area (Å²) in [6, 6.07) is 5.79. The molecule has 0 unspecified atom stereocenters. The summed E-state index contributed by atoms with van der Waals surface area (Å²) in [6.45, 7) is 1.21. The molecule has 2 rings (SSSR count). The number of rotatable bonds is 5. The monoisotopic (exact) mass is 282 g/mol. The molecule has 0 spiro atoms. The average Bonchev–Trinajstić information content (AvgIpc) is 2.43. The van der Waals surface area contributed by atoms with Gasteiger partial charge in [0, 0.05) is 5.69 Å². The van der Waals surface area contributed by atoms with Crippen LogP contribution in [-0.2, 0) is 4.79 Å². The molecule has 3 nitrogen and oxygen atoms in total. The predicted octanol–water partition coefficient (Wildman–Crippen LogP) is 2.50. The highest BCUT2D eigenvalue weighted by Gasteiger charge is 2.13. The fourth-order valence-corrected chi connectivity index (χ4v) is 3.28. The van der Waals surface area contributed by atoms with E-state index in [2.05, 4.69) is 10.6 Å². The van der Waals surface area contributed by atoms with E-state index in [4.69, 9.17) is 0 Å². The third-order valence-corrected chi connectivity index (χ3v) is 4.24. The molecule has 0 saturated carbocycles. The zero-order chi connectivity index (χ0) is 13.5. The average molecular weight is 282 g/mol. The Hall–Kier alpha value is -1.07. The fraction of sp³-hybridized carbons (Fsp3) is 0.500. The van der Waals surface area contributed by atoms with Crippen molar-refractivity contribution >= 4 is 23.4 Å². The van der Waals surface area contributed by atoms with Crippen LogP contribution in [0.3, 0.4) is 0 Å². The summed E-state index contributed by atoms with van der Waals surface area (Å²) >= 11 is 2.00. The lowest BCUT2D eigenvalue weighted by Gasteiger charge is -2.21. The molecule has 2 N–H and O–H groups in total. The molecule has 0 atom stereocenters. The smallest absolute Gasteiger partial charge is 0.238 e. The van der Waals surface area contributed by atoms with E-state index in [1.54, 1.807) is 12.1 Å². The van der Waals surface area contributed by atoms with Crippen molar-refractivity contribution in [3.05, 3.63) is 30.1 Å². The minimum atomic E-state index is -0.300. The number of nitrogens with one attached hydrogen (secondary N) is 2. The number of hydrogen-bond donors (Lipinski definition) is 2. The van der Waals surface area contributed by atoms with Gasteiger partial charge in [-0.3, -0.25) is 4.79 Å². The zero-order valence-corrected chi connectivity index (χ0v) is 11.6. The van der Waals surface area contributed by atoms with Gasteiger partial charge in [0.1, 0.15) is 5.82 Å². The zero-order valence-electron chi connectivity index (χ0n) is 10.8. The number of thioether (sulfide) groups is 1. The summed E-state index contributed by atoms with van der Waals surface area (Å²) in [6.07, 6.45) is 2.47. The van der Waals surface area contributed by atoms with Crippen LogP contribution < -0.4 is 10.6 Å². The minimum Gasteiger partial charge on any atom is -0.325 e. The normalized spacial score (nSPS) is 16.3. The molecule has 0 aromatic heterocycles. The maximum absolute atomic E-state index is 12.7. The van der Waals surface area contributed by atoms with Crippen molar-refractivity contribution in [1.82, 2.24) is 5.32 Å². The van der Waals surface area contributed by atoms with E-state index < -0.39 is 0 Å². The van der Waals surface area contributed by atoms with Crippen LogP contribution in [0.1, 0.15) is 12.8 Å². The van der Waals surface area contributed by atoms with Gasteiger partial charge >= 0.3 is 0 Å². The number of halogens is 1. The van der Waals surface area contributed by atoms with E-state index in [0.29, 0.717) is 18.2 Å². The van der Waals surface area contributed by atoms with Gasteiger partial charge in [0.2, 0.25) is 5.91 Å². The van der Waals surface area contributed by atoms with Crippen LogP contribution in [0, 0.1) is 11.7 Å². The van der Waals surface area contributed by atoms with Gasteiger partial charge in [-0.1, -0.05) is 0 Å². The Morgan fingerprint density at radius 2 is 1.95 bits per heavy atom. The highest BCUT2D eigenvalue weighted by molar-refractivity contribution is 7.99. The third-order valence-electron chi connectivity index (χ3n) is 3.19. The van der Waals surface area contributed by atoms with Gasteiger partial charge in [-0.05, 0) is 61.1 Å². The number of benzene rings is 1. The van der Waals surface area contributed by atoms with Gasteiger partial charge in [-0.2, -0.15) is 11.8 Å². The first-order valence-corrected chi connectivity index (χ1v) is 7.73. The van der Waals surface area contributed by atoms with Crippen LogP contribution in [-0.4, -0.2) is 30.5 Å². The summed E-state index contributed by atoms with van der Waals surface area (Å²) in [5, 5.41) is 5.93. The quantitative estimate of drug-likeness (QED) is 0.872. The van der Waals surface area contributed by atoms with Crippen molar-refractivity contribution in [2.24, 2.45) is 5.92 Å². The molecule has 1 aliphatic rings. The van der Waals surface area contributed by atoms with Crippen LogP contribution in [0.4, 0.5) is 10.1 Å². The first kappa shape index (κ1) is 14.3. The van der Waals surface area contributed by atoms with Crippen LogP contribution in [0.25, 0.3) is 0 Å². The molecule has 104 valence electrons. The minimum absolute atomic E-state index is 0.0863. The molecule has 1 aromatic carbocycles. The van der Waals surface area contributed by atoms with Crippen LogP contribution in [0.2, 0.25) is 0 Å². The maximum Gasteiger partial charge on any atom is 0.238 e. The number of carbonyl (C=O) groups excluding carboxylic acids is 1. The molecular weight excluding hydrogens is 263 g/mol. The van der Waals surface area contributed by atoms with Gasteiger partial charge in [-0.15, -0.1) is 0 Å². The second-order valence-electron chi connectivity index (χ2n) is 4.74. The molecule has 1 saturated heterocycles. The Labute approximate surface area is 117 Å². The van der Waals surface area contributed by atoms with E-state index in [-0.39, 0.29) is 11.7 Å². The molecule has 0 bridgehead atoms. The predicted molar refractivity (Wildman–Crippen MR) is 77.9 cm³/mol. The van der Waals surface area contributed by atoms with Gasteiger partial charge < -0.3 is 10.6 Å². The molecule has 1 aliphatic heterocycles. The lowest BCUT2D eigenvalue weighted by Crippen LogP contribution is -2.32. The number of carbonyl (C=O) groups is 1. The number of hydrogen-bond acceptors (Lipinski definition) is 3. The molecule has 1 aromatic rings. The Balaban J connectivity index is 1.65. The maximum atomic E-state index is 12.7. The lowest BCUT2D eigenvalue weighted by atomic mass is 10.0. The highest BCUT2D eigenvalue weighted by atomic mass is 32.2. The van der Waals surface area contributed by atoms with Gasteiger partial charge in [-0.25, -0.2) is 4.39 Å². The van der Waals surface area contributed by atoms with Crippen LogP contribution >= 0.6 is 11.8 Å². The Morgan fingerprint density at radius 1 is 1.26 bits per heavy atom. The first-order valence-electron chi connectivity index (χ1n) is 6.58. The fourth-order valence-electron chi connectivity index (χ4n) is 2.08. The standard InChI is InChI=1S/C14H19FN2OS/c15-12-1-3-13(4-2-12)17-14(18)10-16-9-11-5-7-19-8-6-11/h1-4,11,16H,5-10H2,(H,17,18). The molecule has 1 heterocycles. The topological polar surface area (TPSA) is 41.1 Å². The molecule has 1 amide bonds. The Kier molecular flexibility index (Phi) is 5.66. The summed E-state index contributed by atoms with van der Waals surface area (Å²) in [5.41, 5.74) is 0.627. The molecule has 0 radical (unpaired) electrons.